The minimum atomic E-state index is -3.72. The molecule has 1 heterocycles. The smallest absolute Gasteiger partial charge is 0.338 e. The van der Waals surface area contributed by atoms with Crippen LogP contribution in [0.15, 0.2) is 59.5 Å². The highest BCUT2D eigenvalue weighted by molar-refractivity contribution is 7.89. The number of carbonyl (C=O) groups is 2. The molecule has 0 amide bonds. The summed E-state index contributed by atoms with van der Waals surface area (Å²) in [6.45, 7) is 7.38. The van der Waals surface area contributed by atoms with Crippen LogP contribution < -0.4 is 4.74 Å². The Morgan fingerprint density at radius 3 is 2.23 bits per heavy atom. The Morgan fingerprint density at radius 1 is 0.971 bits per heavy atom. The van der Waals surface area contributed by atoms with Crippen molar-refractivity contribution in [3.05, 3.63) is 77.1 Å². The summed E-state index contributed by atoms with van der Waals surface area (Å²) in [4.78, 5) is 25.5. The summed E-state index contributed by atoms with van der Waals surface area (Å²) in [7, 11) is -2.13. The first-order valence-corrected chi connectivity index (χ1v) is 12.7. The molecule has 0 saturated carbocycles. The van der Waals surface area contributed by atoms with Crippen LogP contribution in [0.3, 0.4) is 0 Å². The molecule has 35 heavy (non-hydrogen) atoms. The van der Waals surface area contributed by atoms with Crippen LogP contribution in [0.1, 0.15) is 46.0 Å². The average molecular weight is 499 g/mol. The fourth-order valence-corrected chi connectivity index (χ4v) is 5.47. The Kier molecular flexibility index (Phi) is 8.14. The van der Waals surface area contributed by atoms with Crippen molar-refractivity contribution in [1.82, 2.24) is 8.87 Å². The van der Waals surface area contributed by atoms with Crippen LogP contribution in [0.2, 0.25) is 0 Å². The van der Waals surface area contributed by atoms with Gasteiger partial charge in [0.25, 0.3) is 0 Å². The van der Waals surface area contributed by atoms with Gasteiger partial charge in [-0.05, 0) is 62.4 Å². The zero-order valence-electron chi connectivity index (χ0n) is 20.6. The van der Waals surface area contributed by atoms with Crippen LogP contribution in [0.5, 0.6) is 5.75 Å². The van der Waals surface area contributed by atoms with Crippen molar-refractivity contribution in [3.8, 4) is 11.4 Å². The van der Waals surface area contributed by atoms with Crippen LogP contribution in [0.25, 0.3) is 5.69 Å². The number of methoxy groups -OCH3 is 1. The Morgan fingerprint density at radius 2 is 1.63 bits per heavy atom. The van der Waals surface area contributed by atoms with Crippen LogP contribution in [0, 0.1) is 13.8 Å². The van der Waals surface area contributed by atoms with Gasteiger partial charge in [-0.1, -0.05) is 19.9 Å². The van der Waals surface area contributed by atoms with E-state index >= 15 is 0 Å². The van der Waals surface area contributed by atoms with Crippen molar-refractivity contribution in [3.63, 3.8) is 0 Å². The van der Waals surface area contributed by atoms with Gasteiger partial charge in [-0.2, -0.15) is 4.31 Å². The number of aromatic nitrogens is 1. The average Bonchev–Trinajstić information content (AvgIpc) is 3.16. The number of nitrogens with zero attached hydrogens (tertiary/aromatic N) is 2. The molecule has 0 aliphatic carbocycles. The highest BCUT2D eigenvalue weighted by atomic mass is 32.2. The van der Waals surface area contributed by atoms with Crippen molar-refractivity contribution in [2.75, 3.05) is 26.8 Å². The van der Waals surface area contributed by atoms with Crippen molar-refractivity contribution in [2.45, 2.75) is 32.6 Å². The van der Waals surface area contributed by atoms with Crippen LogP contribution >= 0.6 is 0 Å². The van der Waals surface area contributed by atoms with E-state index in [0.717, 1.165) is 22.8 Å². The molecule has 186 valence electrons. The van der Waals surface area contributed by atoms with E-state index in [1.54, 1.807) is 27.0 Å². The van der Waals surface area contributed by atoms with E-state index in [1.165, 1.54) is 28.6 Å². The van der Waals surface area contributed by atoms with E-state index in [-0.39, 0.29) is 16.2 Å². The van der Waals surface area contributed by atoms with Gasteiger partial charge in [0.1, 0.15) is 5.75 Å². The molecule has 0 aliphatic heterocycles. The molecular weight excluding hydrogens is 468 g/mol. The first kappa shape index (κ1) is 26.2. The number of hydrogen-bond donors (Lipinski definition) is 0. The number of aryl methyl sites for hydroxylation is 1. The molecule has 0 aliphatic rings. The lowest BCUT2D eigenvalue weighted by molar-refractivity contribution is 0.0474. The molecule has 0 unspecified atom stereocenters. The maximum absolute atomic E-state index is 12.9. The minimum absolute atomic E-state index is 0.00464. The van der Waals surface area contributed by atoms with E-state index < -0.39 is 22.6 Å². The van der Waals surface area contributed by atoms with Crippen LogP contribution in [-0.2, 0) is 14.8 Å². The second-order valence-electron chi connectivity index (χ2n) is 7.93. The Hall–Kier alpha value is -3.43. The third-order valence-electron chi connectivity index (χ3n) is 5.81. The fraction of sp³-hybridized carbons (Fsp3) is 0.308. The number of sulfonamides is 1. The van der Waals surface area contributed by atoms with Gasteiger partial charge < -0.3 is 14.0 Å². The Bertz CT molecular complexity index is 1320. The van der Waals surface area contributed by atoms with Crippen molar-refractivity contribution in [2.24, 2.45) is 0 Å². The molecule has 2 aromatic carbocycles. The molecule has 1 aromatic heterocycles. The molecule has 3 rings (SSSR count). The van der Waals surface area contributed by atoms with E-state index in [1.807, 2.05) is 42.7 Å². The summed E-state index contributed by atoms with van der Waals surface area (Å²) in [6.07, 6.45) is 0. The molecule has 0 radical (unpaired) electrons. The second kappa shape index (κ2) is 10.9. The van der Waals surface area contributed by atoms with Gasteiger partial charge in [0, 0.05) is 35.7 Å². The first-order chi connectivity index (χ1) is 16.6. The molecular formula is C26H30N2O6S. The molecule has 0 atom stereocenters. The minimum Gasteiger partial charge on any atom is -0.497 e. The number of benzene rings is 2. The highest BCUT2D eigenvalue weighted by Gasteiger charge is 2.23. The van der Waals surface area contributed by atoms with Gasteiger partial charge in [0.15, 0.2) is 6.61 Å². The highest BCUT2D eigenvalue weighted by Crippen LogP contribution is 2.23. The second-order valence-corrected chi connectivity index (χ2v) is 9.87. The number of rotatable bonds is 10. The lowest BCUT2D eigenvalue weighted by Crippen LogP contribution is -2.30. The van der Waals surface area contributed by atoms with Crippen molar-refractivity contribution in [1.29, 1.82) is 0 Å². The monoisotopic (exact) mass is 498 g/mol. The summed E-state index contributed by atoms with van der Waals surface area (Å²) in [6, 6.07) is 14.9. The van der Waals surface area contributed by atoms with E-state index in [0.29, 0.717) is 18.7 Å². The van der Waals surface area contributed by atoms with Crippen molar-refractivity contribution < 1.29 is 27.5 Å². The van der Waals surface area contributed by atoms with Gasteiger partial charge >= 0.3 is 5.97 Å². The molecule has 9 heteroatoms. The number of Topliss-reactive ketones (excluding diaryl/α,β-unsaturated/α-hetero) is 1. The van der Waals surface area contributed by atoms with Crippen molar-refractivity contribution >= 4 is 21.8 Å². The predicted molar refractivity (Wildman–Crippen MR) is 133 cm³/mol. The molecule has 0 spiro atoms. The largest absolute Gasteiger partial charge is 0.497 e. The van der Waals surface area contributed by atoms with Crippen LogP contribution in [-0.4, -0.2) is 55.8 Å². The molecule has 0 bridgehead atoms. The zero-order valence-corrected chi connectivity index (χ0v) is 21.4. The number of ketones is 1. The quantitative estimate of drug-likeness (QED) is 0.308. The fourth-order valence-electron chi connectivity index (χ4n) is 3.96. The van der Waals surface area contributed by atoms with E-state index in [4.69, 9.17) is 9.47 Å². The topological polar surface area (TPSA) is 94.9 Å². The summed E-state index contributed by atoms with van der Waals surface area (Å²) < 4.78 is 39.2. The summed E-state index contributed by atoms with van der Waals surface area (Å²) >= 11 is 0. The lowest BCUT2D eigenvalue weighted by Gasteiger charge is -2.18. The van der Waals surface area contributed by atoms with Gasteiger partial charge in [0.05, 0.1) is 17.6 Å². The van der Waals surface area contributed by atoms with Gasteiger partial charge in [-0.15, -0.1) is 0 Å². The molecule has 0 fully saturated rings. The standard InChI is InChI=1S/C26H30N2O6S/c1-6-27(7-2)35(31,32)23-10-8-9-20(16-23)26(30)34-17-25(29)24-15-18(3)28(19(24)4)21-11-13-22(33-5)14-12-21/h8-16H,6-7,17H2,1-5H3. The predicted octanol–water partition coefficient (Wildman–Crippen LogP) is 4.17. The maximum atomic E-state index is 12.9. The number of hydrogen-bond acceptors (Lipinski definition) is 6. The third kappa shape index (κ3) is 5.47. The van der Waals surface area contributed by atoms with E-state index in [2.05, 4.69) is 0 Å². The van der Waals surface area contributed by atoms with Gasteiger partial charge in [-0.3, -0.25) is 4.79 Å². The number of carbonyl (C=O) groups excluding carboxylic acids is 2. The van der Waals surface area contributed by atoms with E-state index in [9.17, 15) is 18.0 Å². The Labute approximate surface area is 206 Å². The number of ether oxygens (including phenoxy) is 2. The van der Waals surface area contributed by atoms with Gasteiger partial charge in [-0.25, -0.2) is 13.2 Å². The SMILES string of the molecule is CCN(CC)S(=O)(=O)c1cccc(C(=O)OCC(=O)c2cc(C)n(-c3ccc(OC)cc3)c2C)c1. The summed E-state index contributed by atoms with van der Waals surface area (Å²) in [5.74, 6) is -0.384. The lowest BCUT2D eigenvalue weighted by atomic mass is 10.1. The molecule has 0 saturated heterocycles. The molecule has 3 aromatic rings. The number of esters is 1. The Balaban J connectivity index is 1.75. The summed E-state index contributed by atoms with van der Waals surface area (Å²) in [5, 5.41) is 0. The first-order valence-electron chi connectivity index (χ1n) is 11.3. The summed E-state index contributed by atoms with van der Waals surface area (Å²) in [5.41, 5.74) is 2.97. The zero-order chi connectivity index (χ0) is 25.8. The normalized spacial score (nSPS) is 11.5. The van der Waals surface area contributed by atoms with Gasteiger partial charge in [0.2, 0.25) is 15.8 Å². The van der Waals surface area contributed by atoms with Crippen LogP contribution in [0.4, 0.5) is 0 Å². The molecule has 8 nitrogen and oxygen atoms in total. The third-order valence-corrected chi connectivity index (χ3v) is 7.86. The molecule has 0 N–H and O–H groups in total. The maximum Gasteiger partial charge on any atom is 0.338 e.